The van der Waals surface area contributed by atoms with Crippen molar-refractivity contribution in [2.45, 2.75) is 37.7 Å². The van der Waals surface area contributed by atoms with Crippen LogP contribution in [-0.4, -0.2) is 69.4 Å². The van der Waals surface area contributed by atoms with Crippen molar-refractivity contribution < 1.29 is 34.8 Å². The number of Topliss-reactive ketones (excluding diaryl/α,β-unsaturated/α-hetero) is 1. The van der Waals surface area contributed by atoms with Gasteiger partial charge in [0.05, 0.1) is 13.0 Å². The largest absolute Gasteiger partial charge is 0.394 e. The van der Waals surface area contributed by atoms with Gasteiger partial charge in [-0.2, -0.15) is 0 Å². The molecule has 0 aromatic heterocycles. The lowest BCUT2D eigenvalue weighted by Gasteiger charge is -2.28. The molecule has 0 fully saturated rings. The van der Waals surface area contributed by atoms with E-state index in [9.17, 15) is 24.6 Å². The Morgan fingerprint density at radius 2 is 1.78 bits per heavy atom. The zero-order chi connectivity index (χ0) is 14.3. The number of hydrogen-bond donors (Lipinski definition) is 5. The van der Waals surface area contributed by atoms with E-state index in [2.05, 4.69) is 5.32 Å². The van der Waals surface area contributed by atoms with E-state index in [0.29, 0.717) is 6.29 Å². The first-order valence-electron chi connectivity index (χ1n) is 5.23. The predicted molar refractivity (Wildman–Crippen MR) is 58.4 cm³/mol. The van der Waals surface area contributed by atoms with E-state index < -0.39 is 49.1 Å². The number of aliphatic hydroxyl groups excluding tert-OH is 4. The Morgan fingerprint density at radius 1 is 1.22 bits per heavy atom. The van der Waals surface area contributed by atoms with E-state index in [4.69, 9.17) is 10.2 Å². The molecular formula is C10H17NO7. The maximum Gasteiger partial charge on any atom is 0.217 e. The summed E-state index contributed by atoms with van der Waals surface area (Å²) in [7, 11) is 0. The monoisotopic (exact) mass is 263 g/mol. The van der Waals surface area contributed by atoms with Crippen LogP contribution < -0.4 is 5.32 Å². The summed E-state index contributed by atoms with van der Waals surface area (Å²) in [5.74, 6) is -1.46. The zero-order valence-electron chi connectivity index (χ0n) is 9.81. The molecule has 0 heterocycles. The van der Waals surface area contributed by atoms with Gasteiger partial charge in [-0.25, -0.2) is 0 Å². The molecule has 0 aliphatic heterocycles. The Morgan fingerprint density at radius 3 is 2.17 bits per heavy atom. The van der Waals surface area contributed by atoms with E-state index >= 15 is 0 Å². The van der Waals surface area contributed by atoms with Crippen molar-refractivity contribution in [1.82, 2.24) is 5.32 Å². The number of carbonyl (C=O) groups excluding carboxylic acids is 3. The standard InChI is InChI=1S/C10H17NO7/c1-5(14)11-8(6(15)2-3-12)10(18)9(17)7(16)4-13/h3,7-10,13,16-18H,2,4H2,1H3,(H,11,14)/t7-,8-,9-,10-/m1/s1. The molecule has 0 aliphatic rings. The Bertz CT molecular complexity index is 307. The zero-order valence-corrected chi connectivity index (χ0v) is 9.81. The molecule has 0 unspecified atom stereocenters. The van der Waals surface area contributed by atoms with Gasteiger partial charge in [0.15, 0.2) is 5.78 Å². The smallest absolute Gasteiger partial charge is 0.217 e. The van der Waals surface area contributed by atoms with Crippen LogP contribution in [0.15, 0.2) is 0 Å². The maximum absolute atomic E-state index is 11.5. The average Bonchev–Trinajstić information content (AvgIpc) is 2.33. The summed E-state index contributed by atoms with van der Waals surface area (Å²) in [5.41, 5.74) is 0. The molecule has 0 saturated carbocycles. The fourth-order valence-electron chi connectivity index (χ4n) is 1.32. The molecule has 0 bridgehead atoms. The molecule has 18 heavy (non-hydrogen) atoms. The summed E-state index contributed by atoms with van der Waals surface area (Å²) in [6.07, 6.45) is -5.59. The van der Waals surface area contributed by atoms with Crippen LogP contribution in [0.1, 0.15) is 13.3 Å². The molecule has 0 aliphatic carbocycles. The van der Waals surface area contributed by atoms with E-state index in [1.54, 1.807) is 0 Å². The molecule has 4 atom stereocenters. The van der Waals surface area contributed by atoms with Crippen molar-refractivity contribution in [1.29, 1.82) is 0 Å². The summed E-state index contributed by atoms with van der Waals surface area (Å²) in [5, 5.41) is 38.9. The summed E-state index contributed by atoms with van der Waals surface area (Å²) in [4.78, 5) is 32.6. The molecule has 8 heteroatoms. The number of hydrogen-bond acceptors (Lipinski definition) is 7. The number of carbonyl (C=O) groups is 3. The number of nitrogens with one attached hydrogen (secondary N) is 1. The Kier molecular flexibility index (Phi) is 7.29. The van der Waals surface area contributed by atoms with E-state index in [1.807, 2.05) is 0 Å². The van der Waals surface area contributed by atoms with E-state index in [1.165, 1.54) is 0 Å². The van der Waals surface area contributed by atoms with Crippen LogP contribution in [0.2, 0.25) is 0 Å². The van der Waals surface area contributed by atoms with E-state index in [-0.39, 0.29) is 0 Å². The second kappa shape index (κ2) is 7.88. The van der Waals surface area contributed by atoms with Gasteiger partial charge in [0.25, 0.3) is 0 Å². The van der Waals surface area contributed by atoms with Gasteiger partial charge in [0.2, 0.25) is 5.91 Å². The normalized spacial score (nSPS) is 17.4. The lowest BCUT2D eigenvalue weighted by atomic mass is 9.96. The van der Waals surface area contributed by atoms with Gasteiger partial charge in [-0.3, -0.25) is 9.59 Å². The van der Waals surface area contributed by atoms with Crippen LogP contribution in [0.4, 0.5) is 0 Å². The first-order valence-corrected chi connectivity index (χ1v) is 5.23. The quantitative estimate of drug-likeness (QED) is 0.228. The molecule has 104 valence electrons. The highest BCUT2D eigenvalue weighted by atomic mass is 16.4. The predicted octanol–water partition coefficient (Wildman–Crippen LogP) is -3.28. The number of ketones is 1. The van der Waals surface area contributed by atoms with Gasteiger partial charge < -0.3 is 30.5 Å². The highest BCUT2D eigenvalue weighted by Crippen LogP contribution is 2.07. The molecule has 0 spiro atoms. The van der Waals surface area contributed by atoms with Crippen LogP contribution in [0.5, 0.6) is 0 Å². The lowest BCUT2D eigenvalue weighted by molar-refractivity contribution is -0.137. The second-order valence-electron chi connectivity index (χ2n) is 3.75. The maximum atomic E-state index is 11.5. The Labute approximate surface area is 103 Å². The fraction of sp³-hybridized carbons (Fsp3) is 0.700. The van der Waals surface area contributed by atoms with Gasteiger partial charge in [0.1, 0.15) is 30.6 Å². The molecular weight excluding hydrogens is 246 g/mol. The topological polar surface area (TPSA) is 144 Å². The van der Waals surface area contributed by atoms with Crippen LogP contribution in [0, 0.1) is 0 Å². The molecule has 0 saturated heterocycles. The second-order valence-corrected chi connectivity index (χ2v) is 3.75. The molecule has 8 nitrogen and oxygen atoms in total. The van der Waals surface area contributed by atoms with Crippen molar-refractivity contribution >= 4 is 18.0 Å². The van der Waals surface area contributed by atoms with Crippen molar-refractivity contribution in [2.75, 3.05) is 6.61 Å². The third kappa shape index (κ3) is 4.88. The third-order valence-electron chi connectivity index (χ3n) is 2.26. The van der Waals surface area contributed by atoms with Crippen LogP contribution >= 0.6 is 0 Å². The molecule has 0 rings (SSSR count). The van der Waals surface area contributed by atoms with E-state index in [0.717, 1.165) is 6.92 Å². The van der Waals surface area contributed by atoms with Crippen molar-refractivity contribution in [3.8, 4) is 0 Å². The minimum absolute atomic E-state index is 0.290. The van der Waals surface area contributed by atoms with Gasteiger partial charge in [0, 0.05) is 6.92 Å². The number of rotatable bonds is 8. The third-order valence-corrected chi connectivity index (χ3v) is 2.26. The SMILES string of the molecule is CC(=O)N[C@H](C(=O)CC=O)[C@@H](O)[C@H](O)[C@H](O)CO. The summed E-state index contributed by atoms with van der Waals surface area (Å²) in [6.45, 7) is 0.260. The fourth-order valence-corrected chi connectivity index (χ4v) is 1.32. The van der Waals surface area contributed by atoms with Crippen LogP contribution in [-0.2, 0) is 14.4 Å². The first-order chi connectivity index (χ1) is 8.34. The summed E-state index contributed by atoms with van der Waals surface area (Å²) in [6, 6.07) is -1.52. The van der Waals surface area contributed by atoms with Gasteiger partial charge in [-0.1, -0.05) is 0 Å². The van der Waals surface area contributed by atoms with Crippen molar-refractivity contribution in [3.63, 3.8) is 0 Å². The average molecular weight is 263 g/mol. The Hall–Kier alpha value is -1.35. The van der Waals surface area contributed by atoms with Crippen molar-refractivity contribution in [3.05, 3.63) is 0 Å². The highest BCUT2D eigenvalue weighted by Gasteiger charge is 2.35. The summed E-state index contributed by atoms with van der Waals surface area (Å²) < 4.78 is 0. The highest BCUT2D eigenvalue weighted by molar-refractivity contribution is 5.96. The number of aldehydes is 1. The number of amides is 1. The summed E-state index contributed by atoms with van der Waals surface area (Å²) >= 11 is 0. The molecule has 5 N–H and O–H groups in total. The van der Waals surface area contributed by atoms with Gasteiger partial charge in [-0.05, 0) is 0 Å². The van der Waals surface area contributed by atoms with Crippen LogP contribution in [0.3, 0.4) is 0 Å². The lowest BCUT2D eigenvalue weighted by Crippen LogP contribution is -2.55. The van der Waals surface area contributed by atoms with Gasteiger partial charge >= 0.3 is 0 Å². The van der Waals surface area contributed by atoms with Crippen molar-refractivity contribution in [2.24, 2.45) is 0 Å². The van der Waals surface area contributed by atoms with Gasteiger partial charge in [-0.15, -0.1) is 0 Å². The molecule has 1 amide bonds. The Balaban J connectivity index is 4.88. The minimum atomic E-state index is -1.83. The molecule has 0 aromatic rings. The molecule has 0 aromatic carbocycles. The van der Waals surface area contributed by atoms with Crippen LogP contribution in [0.25, 0.3) is 0 Å². The molecule has 0 radical (unpaired) electrons. The number of aliphatic hydroxyl groups is 4. The minimum Gasteiger partial charge on any atom is -0.394 e. The first kappa shape index (κ1) is 16.6.